The highest BCUT2D eigenvalue weighted by atomic mass is 16.4. The van der Waals surface area contributed by atoms with E-state index in [1.807, 2.05) is 0 Å². The zero-order chi connectivity index (χ0) is 14.7. The molecule has 7 nitrogen and oxygen atoms in total. The highest BCUT2D eigenvalue weighted by Gasteiger charge is 2.42. The molecule has 0 bridgehead atoms. The standard InChI is InChI=1S/C13H22N2O5/c16-6-4-9-3-1-2-5-14(9)13(20)15-8-10(17)7-11(15)12(18)19/h9-11,16-17H,1-8H2,(H,18,19)/t9?,10-,11-/m0/s1. The van der Waals surface area contributed by atoms with Crippen LogP contribution >= 0.6 is 0 Å². The van der Waals surface area contributed by atoms with Gasteiger partial charge in [0.15, 0.2) is 0 Å². The molecule has 0 aliphatic carbocycles. The van der Waals surface area contributed by atoms with Crippen molar-refractivity contribution in [1.82, 2.24) is 9.80 Å². The highest BCUT2D eigenvalue weighted by Crippen LogP contribution is 2.25. The second kappa shape index (κ2) is 6.41. The lowest BCUT2D eigenvalue weighted by Crippen LogP contribution is -2.53. The number of amides is 2. The maximum absolute atomic E-state index is 12.5. The Bertz CT molecular complexity index is 374. The molecule has 0 aromatic carbocycles. The number of rotatable bonds is 3. The average molecular weight is 286 g/mol. The van der Waals surface area contributed by atoms with Crippen molar-refractivity contribution in [1.29, 1.82) is 0 Å². The molecule has 3 N–H and O–H groups in total. The van der Waals surface area contributed by atoms with Crippen molar-refractivity contribution in [2.24, 2.45) is 0 Å². The van der Waals surface area contributed by atoms with Gasteiger partial charge in [0.1, 0.15) is 6.04 Å². The average Bonchev–Trinajstić information content (AvgIpc) is 2.81. The van der Waals surface area contributed by atoms with Gasteiger partial charge in [-0.25, -0.2) is 9.59 Å². The third-order valence-corrected chi connectivity index (χ3v) is 4.14. The Balaban J connectivity index is 2.09. The van der Waals surface area contributed by atoms with Crippen LogP contribution in [0, 0.1) is 0 Å². The second-order valence-corrected chi connectivity index (χ2v) is 5.53. The van der Waals surface area contributed by atoms with Gasteiger partial charge in [-0.05, 0) is 25.7 Å². The molecular weight excluding hydrogens is 264 g/mol. The Kier molecular flexibility index (Phi) is 4.82. The predicted octanol–water partition coefficient (Wildman–Crippen LogP) is -0.137. The molecule has 114 valence electrons. The lowest BCUT2D eigenvalue weighted by atomic mass is 10.00. The summed E-state index contributed by atoms with van der Waals surface area (Å²) < 4.78 is 0. The Labute approximate surface area is 117 Å². The Morgan fingerprint density at radius 2 is 1.95 bits per heavy atom. The van der Waals surface area contributed by atoms with Crippen molar-refractivity contribution in [3.63, 3.8) is 0 Å². The zero-order valence-electron chi connectivity index (χ0n) is 11.4. The van der Waals surface area contributed by atoms with Crippen molar-refractivity contribution in [3.8, 4) is 0 Å². The molecule has 0 spiro atoms. The number of carboxylic acids is 1. The predicted molar refractivity (Wildman–Crippen MR) is 70.2 cm³/mol. The second-order valence-electron chi connectivity index (χ2n) is 5.53. The minimum atomic E-state index is -1.08. The number of aliphatic hydroxyl groups is 2. The summed E-state index contributed by atoms with van der Waals surface area (Å²) in [7, 11) is 0. The topological polar surface area (TPSA) is 101 Å². The van der Waals surface area contributed by atoms with Gasteiger partial charge in [-0.15, -0.1) is 0 Å². The Morgan fingerprint density at radius 1 is 1.20 bits per heavy atom. The fourth-order valence-electron chi connectivity index (χ4n) is 3.13. The highest BCUT2D eigenvalue weighted by molar-refractivity contribution is 5.83. The van der Waals surface area contributed by atoms with Crippen molar-refractivity contribution in [2.45, 2.75) is 50.3 Å². The van der Waals surface area contributed by atoms with Crippen LogP contribution in [-0.2, 0) is 4.79 Å². The number of hydrogen-bond donors (Lipinski definition) is 3. The quantitative estimate of drug-likeness (QED) is 0.670. The van der Waals surface area contributed by atoms with Crippen LogP contribution in [0.25, 0.3) is 0 Å². The number of hydrogen-bond acceptors (Lipinski definition) is 4. The SMILES string of the molecule is O=C(O)[C@@H]1C[C@H](O)CN1C(=O)N1CCCCC1CCO. The molecule has 0 aromatic heterocycles. The molecule has 0 radical (unpaired) electrons. The van der Waals surface area contributed by atoms with E-state index in [1.54, 1.807) is 4.90 Å². The first-order valence-corrected chi connectivity index (χ1v) is 7.13. The monoisotopic (exact) mass is 286 g/mol. The van der Waals surface area contributed by atoms with Crippen LogP contribution in [0.1, 0.15) is 32.1 Å². The molecule has 3 atom stereocenters. The molecule has 2 aliphatic heterocycles. The third-order valence-electron chi connectivity index (χ3n) is 4.14. The van der Waals surface area contributed by atoms with Crippen molar-refractivity contribution in [3.05, 3.63) is 0 Å². The minimum absolute atomic E-state index is 0.0133. The first-order valence-electron chi connectivity index (χ1n) is 7.13. The molecule has 2 fully saturated rings. The number of likely N-dealkylation sites (tertiary alicyclic amines) is 2. The number of carbonyl (C=O) groups is 2. The molecule has 2 saturated heterocycles. The van der Waals surface area contributed by atoms with E-state index in [-0.39, 0.29) is 31.6 Å². The lowest BCUT2D eigenvalue weighted by Gasteiger charge is -2.38. The van der Waals surface area contributed by atoms with E-state index in [0.29, 0.717) is 13.0 Å². The molecule has 7 heteroatoms. The van der Waals surface area contributed by atoms with Gasteiger partial charge in [-0.1, -0.05) is 0 Å². The number of urea groups is 1. The molecule has 2 aliphatic rings. The van der Waals surface area contributed by atoms with E-state index >= 15 is 0 Å². The molecule has 2 amide bonds. The third kappa shape index (κ3) is 3.04. The summed E-state index contributed by atoms with van der Waals surface area (Å²) in [6.45, 7) is 0.667. The van der Waals surface area contributed by atoms with Gasteiger partial charge in [0.2, 0.25) is 0 Å². The fraction of sp³-hybridized carbons (Fsp3) is 0.846. The van der Waals surface area contributed by atoms with E-state index in [4.69, 9.17) is 10.2 Å². The van der Waals surface area contributed by atoms with Gasteiger partial charge in [0.05, 0.1) is 6.10 Å². The molecule has 2 rings (SSSR count). The molecule has 0 aromatic rings. The fourth-order valence-corrected chi connectivity index (χ4v) is 3.13. The summed E-state index contributed by atoms with van der Waals surface area (Å²) in [5.41, 5.74) is 0. The number of carbonyl (C=O) groups excluding carboxylic acids is 1. The number of β-amino-alcohol motifs (C(OH)–C–C–N with tert-alkyl or cyclic N) is 1. The van der Waals surface area contributed by atoms with Crippen molar-refractivity contribution < 1.29 is 24.9 Å². The van der Waals surface area contributed by atoms with E-state index in [1.165, 1.54) is 4.90 Å². The van der Waals surface area contributed by atoms with Crippen LogP contribution in [0.5, 0.6) is 0 Å². The van der Waals surface area contributed by atoms with Gasteiger partial charge in [0.25, 0.3) is 0 Å². The summed E-state index contributed by atoms with van der Waals surface area (Å²) in [5, 5.41) is 27.9. The normalized spacial score (nSPS) is 30.6. The molecule has 2 heterocycles. The maximum Gasteiger partial charge on any atom is 0.326 e. The number of nitrogens with zero attached hydrogens (tertiary/aromatic N) is 2. The summed E-state index contributed by atoms with van der Waals surface area (Å²) in [5.74, 6) is -1.08. The number of piperidine rings is 1. The van der Waals surface area contributed by atoms with Crippen molar-refractivity contribution >= 4 is 12.0 Å². The maximum atomic E-state index is 12.5. The van der Waals surface area contributed by atoms with Gasteiger partial charge in [-0.3, -0.25) is 0 Å². The number of carboxylic acid groups (broad SMARTS) is 1. The molecule has 1 unspecified atom stereocenters. The van der Waals surface area contributed by atoms with E-state index in [9.17, 15) is 14.7 Å². The van der Waals surface area contributed by atoms with Crippen molar-refractivity contribution in [2.75, 3.05) is 19.7 Å². The van der Waals surface area contributed by atoms with E-state index in [0.717, 1.165) is 19.3 Å². The first-order chi connectivity index (χ1) is 9.54. The number of aliphatic carboxylic acids is 1. The summed E-state index contributed by atoms with van der Waals surface area (Å²) >= 11 is 0. The molecule has 20 heavy (non-hydrogen) atoms. The largest absolute Gasteiger partial charge is 0.480 e. The molecule has 0 saturated carbocycles. The van der Waals surface area contributed by atoms with Crippen LogP contribution in [0.3, 0.4) is 0 Å². The van der Waals surface area contributed by atoms with E-state index < -0.39 is 18.1 Å². The van der Waals surface area contributed by atoms with Gasteiger partial charge >= 0.3 is 12.0 Å². The first kappa shape index (κ1) is 15.1. The molecular formula is C13H22N2O5. The smallest absolute Gasteiger partial charge is 0.326 e. The van der Waals surface area contributed by atoms with Gasteiger partial charge in [-0.2, -0.15) is 0 Å². The van der Waals surface area contributed by atoms with Crippen LogP contribution in [0.4, 0.5) is 4.79 Å². The van der Waals surface area contributed by atoms with E-state index in [2.05, 4.69) is 0 Å². The summed E-state index contributed by atoms with van der Waals surface area (Å²) in [6.07, 6.45) is 2.56. The van der Waals surface area contributed by atoms with Crippen LogP contribution < -0.4 is 0 Å². The van der Waals surface area contributed by atoms with Gasteiger partial charge in [0, 0.05) is 32.2 Å². The number of aliphatic hydroxyl groups excluding tert-OH is 2. The Hall–Kier alpha value is -1.34. The summed E-state index contributed by atoms with van der Waals surface area (Å²) in [4.78, 5) is 26.6. The van der Waals surface area contributed by atoms with Gasteiger partial charge < -0.3 is 25.1 Å². The Morgan fingerprint density at radius 3 is 2.60 bits per heavy atom. The summed E-state index contributed by atoms with van der Waals surface area (Å²) in [6, 6.07) is -1.31. The lowest BCUT2D eigenvalue weighted by molar-refractivity contribution is -0.141. The van der Waals surface area contributed by atoms with Crippen LogP contribution in [0.2, 0.25) is 0 Å². The minimum Gasteiger partial charge on any atom is -0.480 e. The van der Waals surface area contributed by atoms with Crippen LogP contribution in [-0.4, -0.2) is 75.0 Å². The zero-order valence-corrected chi connectivity index (χ0v) is 11.4. The van der Waals surface area contributed by atoms with Crippen LogP contribution in [0.15, 0.2) is 0 Å².